The van der Waals surface area contributed by atoms with Crippen LogP contribution in [0, 0.1) is 0 Å². The van der Waals surface area contributed by atoms with E-state index in [9.17, 15) is 13.2 Å². The van der Waals surface area contributed by atoms with Crippen molar-refractivity contribution in [1.82, 2.24) is 5.32 Å². The second-order valence-corrected chi connectivity index (χ2v) is 9.32. The number of amides is 1. The number of thiophene rings is 1. The molecule has 9 heteroatoms. The lowest BCUT2D eigenvalue weighted by molar-refractivity contribution is -0.120. The summed E-state index contributed by atoms with van der Waals surface area (Å²) in [5.41, 5.74) is 1.16. The monoisotopic (exact) mass is 415 g/mol. The van der Waals surface area contributed by atoms with Gasteiger partial charge in [0.2, 0.25) is 5.91 Å². The first-order valence-corrected chi connectivity index (χ1v) is 9.94. The molecule has 0 atom stereocenters. The predicted molar refractivity (Wildman–Crippen MR) is 94.5 cm³/mol. The van der Waals surface area contributed by atoms with Gasteiger partial charge in [0.15, 0.2) is 0 Å². The molecule has 0 spiro atoms. The van der Waals surface area contributed by atoms with E-state index in [4.69, 9.17) is 0 Å². The van der Waals surface area contributed by atoms with Crippen molar-refractivity contribution in [3.05, 3.63) is 40.2 Å². The van der Waals surface area contributed by atoms with Crippen LogP contribution in [0.5, 0.6) is 0 Å². The third-order valence-electron chi connectivity index (χ3n) is 3.34. The quantitative estimate of drug-likeness (QED) is 0.802. The van der Waals surface area contributed by atoms with Crippen molar-refractivity contribution >= 4 is 54.6 Å². The van der Waals surface area contributed by atoms with Crippen molar-refractivity contribution in [2.75, 3.05) is 29.3 Å². The highest BCUT2D eigenvalue weighted by Crippen LogP contribution is 2.31. The lowest BCUT2D eigenvalue weighted by Gasteiger charge is -2.30. The van der Waals surface area contributed by atoms with Gasteiger partial charge in [-0.25, -0.2) is 8.42 Å². The van der Waals surface area contributed by atoms with E-state index in [0.29, 0.717) is 24.5 Å². The van der Waals surface area contributed by atoms with Crippen LogP contribution in [0.25, 0.3) is 0 Å². The average Bonchev–Trinajstić information content (AvgIpc) is 2.95. The summed E-state index contributed by atoms with van der Waals surface area (Å²) in [5, 5.41) is 2.76. The van der Waals surface area contributed by atoms with Crippen molar-refractivity contribution in [2.24, 2.45) is 0 Å². The van der Waals surface area contributed by atoms with Gasteiger partial charge in [-0.15, -0.1) is 11.3 Å². The van der Waals surface area contributed by atoms with E-state index < -0.39 is 10.0 Å². The number of hydrogen-bond acceptors (Lipinski definition) is 5. The number of nitrogens with zero attached hydrogens (tertiary/aromatic N) is 1. The second-order valence-electron chi connectivity index (χ2n) is 4.95. The SMILES string of the molecule is O=C1CN(c2ccccc2NS(=O)(=O)c2ccc(Br)s2)CCN1. The average molecular weight is 416 g/mol. The van der Waals surface area contributed by atoms with Crippen molar-refractivity contribution in [3.8, 4) is 0 Å². The summed E-state index contributed by atoms with van der Waals surface area (Å²) in [6.45, 7) is 1.39. The molecule has 1 aliphatic heterocycles. The molecule has 122 valence electrons. The Hall–Kier alpha value is -1.58. The standard InChI is InChI=1S/C14H14BrN3O3S2/c15-12-5-6-14(22-12)23(20,21)17-10-3-1-2-4-11(10)18-8-7-16-13(19)9-18/h1-6,17H,7-9H2,(H,16,19). The zero-order valence-corrected chi connectivity index (χ0v) is 15.2. The highest BCUT2D eigenvalue weighted by molar-refractivity contribution is 9.11. The Bertz CT molecular complexity index is 835. The normalized spacial score (nSPS) is 15.3. The van der Waals surface area contributed by atoms with Gasteiger partial charge in [0.25, 0.3) is 10.0 Å². The van der Waals surface area contributed by atoms with E-state index in [0.717, 1.165) is 15.1 Å². The Morgan fingerprint density at radius 2 is 2.00 bits per heavy atom. The molecule has 0 saturated carbocycles. The molecule has 2 heterocycles. The van der Waals surface area contributed by atoms with Crippen molar-refractivity contribution < 1.29 is 13.2 Å². The van der Waals surface area contributed by atoms with Crippen LogP contribution in [0.2, 0.25) is 0 Å². The number of benzene rings is 1. The fourth-order valence-corrected chi connectivity index (χ4v) is 5.40. The Kier molecular flexibility index (Phi) is 4.60. The summed E-state index contributed by atoms with van der Waals surface area (Å²) in [4.78, 5) is 13.4. The molecule has 0 aliphatic carbocycles. The summed E-state index contributed by atoms with van der Waals surface area (Å²) in [5.74, 6) is -0.0731. The fourth-order valence-electron chi connectivity index (χ4n) is 2.32. The number of piperazine rings is 1. The molecule has 23 heavy (non-hydrogen) atoms. The zero-order chi connectivity index (χ0) is 16.4. The van der Waals surface area contributed by atoms with Gasteiger partial charge >= 0.3 is 0 Å². The Morgan fingerprint density at radius 3 is 2.70 bits per heavy atom. The van der Waals surface area contributed by atoms with Gasteiger partial charge in [0.1, 0.15) is 4.21 Å². The molecule has 0 radical (unpaired) electrons. The first-order chi connectivity index (χ1) is 11.0. The molecule has 1 saturated heterocycles. The Labute approximate surface area is 146 Å². The first-order valence-electron chi connectivity index (χ1n) is 6.84. The van der Waals surface area contributed by atoms with Crippen molar-refractivity contribution in [3.63, 3.8) is 0 Å². The molecule has 1 aliphatic rings. The van der Waals surface area contributed by atoms with Gasteiger partial charge in [0.05, 0.1) is 21.7 Å². The third kappa shape index (κ3) is 3.67. The molecule has 6 nitrogen and oxygen atoms in total. The number of para-hydroxylation sites is 2. The van der Waals surface area contributed by atoms with Crippen molar-refractivity contribution in [1.29, 1.82) is 0 Å². The number of hydrogen-bond donors (Lipinski definition) is 2. The van der Waals surface area contributed by atoms with E-state index in [2.05, 4.69) is 26.0 Å². The Balaban J connectivity index is 1.90. The van der Waals surface area contributed by atoms with Crippen LogP contribution in [0.15, 0.2) is 44.4 Å². The van der Waals surface area contributed by atoms with Gasteiger partial charge in [-0.2, -0.15) is 0 Å². The highest BCUT2D eigenvalue weighted by atomic mass is 79.9. The van der Waals surface area contributed by atoms with Gasteiger partial charge < -0.3 is 10.2 Å². The summed E-state index contributed by atoms with van der Waals surface area (Å²) >= 11 is 4.41. The summed E-state index contributed by atoms with van der Waals surface area (Å²) < 4.78 is 28.6. The maximum absolute atomic E-state index is 12.5. The molecule has 1 amide bonds. The summed E-state index contributed by atoms with van der Waals surface area (Å²) in [6, 6.07) is 10.3. The minimum Gasteiger partial charge on any atom is -0.359 e. The maximum Gasteiger partial charge on any atom is 0.271 e. The minimum atomic E-state index is -3.66. The van der Waals surface area contributed by atoms with Crippen LogP contribution in [0.4, 0.5) is 11.4 Å². The number of carbonyl (C=O) groups excluding carboxylic acids is 1. The van der Waals surface area contributed by atoms with Gasteiger partial charge in [0, 0.05) is 13.1 Å². The first kappa shape index (κ1) is 16.3. The van der Waals surface area contributed by atoms with Crippen LogP contribution in [0.1, 0.15) is 0 Å². The van der Waals surface area contributed by atoms with Gasteiger partial charge in [-0.05, 0) is 40.2 Å². The van der Waals surface area contributed by atoms with Crippen LogP contribution in [-0.4, -0.2) is 34.0 Å². The lowest BCUT2D eigenvalue weighted by Crippen LogP contribution is -2.47. The molecule has 2 N–H and O–H groups in total. The number of halogens is 1. The van der Waals surface area contributed by atoms with Crippen LogP contribution >= 0.6 is 27.3 Å². The Morgan fingerprint density at radius 1 is 1.22 bits per heavy atom. The maximum atomic E-state index is 12.5. The minimum absolute atomic E-state index is 0.0731. The molecule has 2 aromatic rings. The summed E-state index contributed by atoms with van der Waals surface area (Å²) in [7, 11) is -3.66. The number of sulfonamides is 1. The molecule has 1 fully saturated rings. The van der Waals surface area contributed by atoms with Crippen LogP contribution in [-0.2, 0) is 14.8 Å². The van der Waals surface area contributed by atoms with E-state index in [1.165, 1.54) is 0 Å². The van der Waals surface area contributed by atoms with Gasteiger partial charge in [-0.3, -0.25) is 9.52 Å². The van der Waals surface area contributed by atoms with E-state index in [1.54, 1.807) is 30.3 Å². The number of carbonyl (C=O) groups is 1. The summed E-state index contributed by atoms with van der Waals surface area (Å²) in [6.07, 6.45) is 0. The third-order valence-corrected chi connectivity index (χ3v) is 6.82. The molecule has 1 aromatic carbocycles. The largest absolute Gasteiger partial charge is 0.359 e. The molecule has 3 rings (SSSR count). The van der Waals surface area contributed by atoms with Gasteiger partial charge in [-0.1, -0.05) is 12.1 Å². The molecule has 0 unspecified atom stereocenters. The van der Waals surface area contributed by atoms with E-state index in [1.807, 2.05) is 11.0 Å². The van der Waals surface area contributed by atoms with Crippen LogP contribution in [0.3, 0.4) is 0 Å². The molecular weight excluding hydrogens is 402 g/mol. The van der Waals surface area contributed by atoms with Crippen molar-refractivity contribution in [2.45, 2.75) is 4.21 Å². The highest BCUT2D eigenvalue weighted by Gasteiger charge is 2.22. The van der Waals surface area contributed by atoms with Crippen LogP contribution < -0.4 is 14.9 Å². The number of nitrogens with one attached hydrogen (secondary N) is 2. The molecular formula is C14H14BrN3O3S2. The lowest BCUT2D eigenvalue weighted by atomic mass is 10.2. The zero-order valence-electron chi connectivity index (χ0n) is 12.0. The number of anilines is 2. The fraction of sp³-hybridized carbons (Fsp3) is 0.214. The van der Waals surface area contributed by atoms with E-state index in [-0.39, 0.29) is 16.7 Å². The molecule has 1 aromatic heterocycles. The number of rotatable bonds is 4. The van der Waals surface area contributed by atoms with E-state index >= 15 is 0 Å². The second kappa shape index (κ2) is 6.50. The predicted octanol–water partition coefficient (Wildman–Crippen LogP) is 2.25. The molecule has 0 bridgehead atoms. The topological polar surface area (TPSA) is 78.5 Å². The smallest absolute Gasteiger partial charge is 0.271 e.